The number of benzene rings is 1. The number of hydrogen-bond donors (Lipinski definition) is 0. The highest BCUT2D eigenvalue weighted by Crippen LogP contribution is 2.20. The molecule has 0 aliphatic carbocycles. The molecule has 0 spiro atoms. The maximum Gasteiger partial charge on any atom is 0.222 e. The molecule has 1 aromatic rings. The van der Waals surface area contributed by atoms with E-state index < -0.39 is 0 Å². The normalized spacial score (nSPS) is 10.4. The molecule has 0 unspecified atom stereocenters. The molecule has 0 bridgehead atoms. The number of amides is 1. The summed E-state index contributed by atoms with van der Waals surface area (Å²) in [7, 11) is 1.64. The Morgan fingerprint density at radius 2 is 2.11 bits per heavy atom. The fraction of sp³-hybridized carbons (Fsp3) is 0.462. The van der Waals surface area contributed by atoms with Crippen LogP contribution in [0.5, 0.6) is 0 Å². The summed E-state index contributed by atoms with van der Waals surface area (Å²) < 4.78 is 13.5. The van der Waals surface area contributed by atoms with E-state index in [4.69, 9.17) is 23.2 Å². The van der Waals surface area contributed by atoms with Crippen LogP contribution < -0.4 is 0 Å². The Morgan fingerprint density at radius 3 is 2.72 bits per heavy atom. The molecule has 0 heterocycles. The molecule has 100 valence electrons. The van der Waals surface area contributed by atoms with E-state index in [-0.39, 0.29) is 18.3 Å². The quantitative estimate of drug-likeness (QED) is 0.576. The number of alkyl halides is 1. The summed E-state index contributed by atoms with van der Waals surface area (Å²) in [5, 5.41) is 0.343. The maximum absolute atomic E-state index is 13.5. The first-order valence-corrected chi connectivity index (χ1v) is 6.70. The average Bonchev–Trinajstić information content (AvgIpc) is 2.34. The molecule has 18 heavy (non-hydrogen) atoms. The van der Waals surface area contributed by atoms with Crippen LogP contribution in [0.25, 0.3) is 0 Å². The largest absolute Gasteiger partial charge is 0.341 e. The van der Waals surface area contributed by atoms with Gasteiger partial charge in [0.2, 0.25) is 5.91 Å². The summed E-state index contributed by atoms with van der Waals surface area (Å²) in [6, 6.07) is 4.50. The molecular weight excluding hydrogens is 276 g/mol. The minimum Gasteiger partial charge on any atom is -0.341 e. The highest BCUT2D eigenvalue weighted by molar-refractivity contribution is 6.31. The topological polar surface area (TPSA) is 20.3 Å². The lowest BCUT2D eigenvalue weighted by Gasteiger charge is -2.18. The lowest BCUT2D eigenvalue weighted by molar-refractivity contribution is -0.130. The van der Waals surface area contributed by atoms with Crippen LogP contribution in [0.1, 0.15) is 24.8 Å². The third-order valence-electron chi connectivity index (χ3n) is 2.66. The van der Waals surface area contributed by atoms with Gasteiger partial charge in [-0.3, -0.25) is 4.79 Å². The van der Waals surface area contributed by atoms with Crippen LogP contribution in [0, 0.1) is 5.82 Å². The number of carbonyl (C=O) groups excluding carboxylic acids is 1. The van der Waals surface area contributed by atoms with Gasteiger partial charge < -0.3 is 4.90 Å². The summed E-state index contributed by atoms with van der Waals surface area (Å²) in [6.07, 6.45) is 1.98. The Morgan fingerprint density at radius 1 is 1.39 bits per heavy atom. The fourth-order valence-electron chi connectivity index (χ4n) is 1.57. The first-order valence-electron chi connectivity index (χ1n) is 5.79. The van der Waals surface area contributed by atoms with Gasteiger partial charge in [0.1, 0.15) is 5.82 Å². The van der Waals surface area contributed by atoms with Crippen molar-refractivity contribution in [1.82, 2.24) is 4.90 Å². The molecule has 1 rings (SSSR count). The van der Waals surface area contributed by atoms with Crippen LogP contribution in [0.4, 0.5) is 4.39 Å². The van der Waals surface area contributed by atoms with Crippen molar-refractivity contribution in [2.45, 2.75) is 25.8 Å². The second kappa shape index (κ2) is 7.59. The van der Waals surface area contributed by atoms with E-state index in [1.54, 1.807) is 19.2 Å². The van der Waals surface area contributed by atoms with Crippen LogP contribution in [0.15, 0.2) is 18.2 Å². The van der Waals surface area contributed by atoms with Crippen molar-refractivity contribution in [2.75, 3.05) is 12.9 Å². The molecule has 1 aromatic carbocycles. The van der Waals surface area contributed by atoms with E-state index in [0.29, 0.717) is 22.9 Å². The minimum absolute atomic E-state index is 0.0283. The summed E-state index contributed by atoms with van der Waals surface area (Å²) in [6.45, 7) is 0.186. The molecule has 0 aliphatic heterocycles. The van der Waals surface area contributed by atoms with Crippen molar-refractivity contribution in [3.05, 3.63) is 34.6 Å². The van der Waals surface area contributed by atoms with Crippen molar-refractivity contribution in [3.8, 4) is 0 Å². The molecular formula is C13H16Cl2FNO. The van der Waals surface area contributed by atoms with Crippen LogP contribution in [-0.2, 0) is 11.3 Å². The van der Waals surface area contributed by atoms with E-state index in [1.165, 1.54) is 11.0 Å². The van der Waals surface area contributed by atoms with Gasteiger partial charge in [-0.15, -0.1) is 11.6 Å². The molecule has 0 aromatic heterocycles. The Labute approximate surface area is 117 Å². The van der Waals surface area contributed by atoms with Gasteiger partial charge >= 0.3 is 0 Å². The molecule has 0 saturated carbocycles. The van der Waals surface area contributed by atoms with E-state index in [1.807, 2.05) is 0 Å². The van der Waals surface area contributed by atoms with Gasteiger partial charge in [0, 0.05) is 36.5 Å². The lowest BCUT2D eigenvalue weighted by Crippen LogP contribution is -2.26. The van der Waals surface area contributed by atoms with Gasteiger partial charge in [0.25, 0.3) is 0 Å². The molecule has 0 saturated heterocycles. The minimum atomic E-state index is -0.386. The van der Waals surface area contributed by atoms with Crippen molar-refractivity contribution >= 4 is 29.1 Å². The highest BCUT2D eigenvalue weighted by Gasteiger charge is 2.13. The molecule has 1 amide bonds. The first-order chi connectivity index (χ1) is 8.56. The molecule has 0 aliphatic rings. The lowest BCUT2D eigenvalue weighted by atomic mass is 10.2. The number of carbonyl (C=O) groups is 1. The maximum atomic E-state index is 13.5. The van der Waals surface area contributed by atoms with Crippen LogP contribution in [-0.4, -0.2) is 23.7 Å². The predicted molar refractivity (Wildman–Crippen MR) is 72.5 cm³/mol. The smallest absolute Gasteiger partial charge is 0.222 e. The summed E-state index contributed by atoms with van der Waals surface area (Å²) in [5.41, 5.74) is 0.354. The Balaban J connectivity index is 2.58. The van der Waals surface area contributed by atoms with Crippen LogP contribution >= 0.6 is 23.2 Å². The Kier molecular flexibility index (Phi) is 6.44. The van der Waals surface area contributed by atoms with E-state index in [0.717, 1.165) is 12.8 Å². The molecule has 0 atom stereocenters. The molecule has 0 fully saturated rings. The van der Waals surface area contributed by atoms with Gasteiger partial charge in [-0.05, 0) is 25.0 Å². The second-order valence-electron chi connectivity index (χ2n) is 4.10. The number of hydrogen-bond acceptors (Lipinski definition) is 1. The molecule has 0 N–H and O–H groups in total. The Bertz CT molecular complexity index is 392. The predicted octanol–water partition coefficient (Wildman–Crippen LogP) is 3.85. The Hall–Kier alpha value is -0.800. The van der Waals surface area contributed by atoms with Crippen molar-refractivity contribution in [3.63, 3.8) is 0 Å². The SMILES string of the molecule is CN(Cc1c(F)cccc1Cl)C(=O)CCCCCl. The van der Waals surface area contributed by atoms with Gasteiger partial charge in [0.05, 0.1) is 0 Å². The summed E-state index contributed by atoms with van der Waals surface area (Å²) in [4.78, 5) is 13.2. The van der Waals surface area contributed by atoms with Crippen molar-refractivity contribution in [1.29, 1.82) is 0 Å². The zero-order valence-corrected chi connectivity index (χ0v) is 11.8. The monoisotopic (exact) mass is 291 g/mol. The zero-order valence-electron chi connectivity index (χ0n) is 10.3. The van der Waals surface area contributed by atoms with Crippen LogP contribution in [0.2, 0.25) is 5.02 Å². The summed E-state index contributed by atoms with van der Waals surface area (Å²) >= 11 is 11.5. The molecule has 5 heteroatoms. The van der Waals surface area contributed by atoms with Gasteiger partial charge in [-0.1, -0.05) is 17.7 Å². The summed E-state index contributed by atoms with van der Waals surface area (Å²) in [5.74, 6) is 0.137. The number of unbranched alkanes of at least 4 members (excludes halogenated alkanes) is 1. The third-order valence-corrected chi connectivity index (χ3v) is 3.28. The van der Waals surface area contributed by atoms with E-state index >= 15 is 0 Å². The first kappa shape index (κ1) is 15.3. The number of nitrogens with zero attached hydrogens (tertiary/aromatic N) is 1. The van der Waals surface area contributed by atoms with Gasteiger partial charge in [-0.2, -0.15) is 0 Å². The standard InChI is InChI=1S/C13H16Cl2FNO/c1-17(13(18)7-2-3-8-14)9-10-11(15)5-4-6-12(10)16/h4-6H,2-3,7-9H2,1H3. The van der Waals surface area contributed by atoms with Crippen LogP contribution in [0.3, 0.4) is 0 Å². The van der Waals surface area contributed by atoms with E-state index in [2.05, 4.69) is 0 Å². The number of rotatable bonds is 6. The van der Waals surface area contributed by atoms with Gasteiger partial charge in [-0.25, -0.2) is 4.39 Å². The third kappa shape index (κ3) is 4.46. The second-order valence-corrected chi connectivity index (χ2v) is 4.88. The van der Waals surface area contributed by atoms with Gasteiger partial charge in [0.15, 0.2) is 0 Å². The number of halogens is 3. The molecule has 2 nitrogen and oxygen atoms in total. The van der Waals surface area contributed by atoms with Crippen molar-refractivity contribution < 1.29 is 9.18 Å². The average molecular weight is 292 g/mol. The van der Waals surface area contributed by atoms with Crippen molar-refractivity contribution in [2.24, 2.45) is 0 Å². The zero-order chi connectivity index (χ0) is 13.5. The van der Waals surface area contributed by atoms with E-state index in [9.17, 15) is 9.18 Å². The fourth-order valence-corrected chi connectivity index (χ4v) is 1.98. The molecule has 0 radical (unpaired) electrons. The highest BCUT2D eigenvalue weighted by atomic mass is 35.5.